The quantitative estimate of drug-likeness (QED) is 0.672. The zero-order valence-electron chi connectivity index (χ0n) is 10.5. The lowest BCUT2D eigenvalue weighted by molar-refractivity contribution is 0.274. The van der Waals surface area contributed by atoms with E-state index in [4.69, 9.17) is 9.15 Å². The highest BCUT2D eigenvalue weighted by atomic mass is 79.9. The summed E-state index contributed by atoms with van der Waals surface area (Å²) < 4.78 is 12.5. The number of rotatable bonds is 3. The highest BCUT2D eigenvalue weighted by Gasteiger charge is 2.05. The molecule has 0 atom stereocenters. The van der Waals surface area contributed by atoms with Gasteiger partial charge in [0.05, 0.1) is 0 Å². The lowest BCUT2D eigenvalue weighted by atomic mass is 10.2. The van der Waals surface area contributed by atoms with Gasteiger partial charge in [-0.2, -0.15) is 0 Å². The van der Waals surface area contributed by atoms with E-state index in [0.717, 1.165) is 27.0 Å². The lowest BCUT2D eigenvalue weighted by Crippen LogP contribution is -1.93. The molecule has 0 aliphatic rings. The van der Waals surface area contributed by atoms with E-state index < -0.39 is 0 Å². The maximum absolute atomic E-state index is 5.74. The summed E-state index contributed by atoms with van der Waals surface area (Å²) in [5.74, 6) is 1.68. The zero-order chi connectivity index (χ0) is 13.2. The maximum Gasteiger partial charge on any atom is 0.146 e. The molecule has 3 heteroatoms. The van der Waals surface area contributed by atoms with Crippen LogP contribution in [-0.4, -0.2) is 0 Å². The molecule has 0 bridgehead atoms. The third kappa shape index (κ3) is 2.82. The van der Waals surface area contributed by atoms with E-state index in [2.05, 4.69) is 22.9 Å². The van der Waals surface area contributed by atoms with Crippen LogP contribution in [0.25, 0.3) is 11.0 Å². The molecule has 0 saturated heterocycles. The summed E-state index contributed by atoms with van der Waals surface area (Å²) in [6, 6.07) is 16.0. The fraction of sp³-hybridized carbons (Fsp3) is 0.125. The Labute approximate surface area is 120 Å². The van der Waals surface area contributed by atoms with Gasteiger partial charge in [0.25, 0.3) is 0 Å². The molecule has 0 radical (unpaired) electrons. The highest BCUT2D eigenvalue weighted by molar-refractivity contribution is 9.10. The van der Waals surface area contributed by atoms with Crippen LogP contribution in [0.4, 0.5) is 0 Å². The molecule has 0 N–H and O–H groups in total. The van der Waals surface area contributed by atoms with E-state index in [1.165, 1.54) is 5.56 Å². The van der Waals surface area contributed by atoms with Crippen LogP contribution in [0.5, 0.6) is 5.75 Å². The molecule has 0 amide bonds. The second-order valence-electron chi connectivity index (χ2n) is 4.50. The Kier molecular flexibility index (Phi) is 3.30. The summed E-state index contributed by atoms with van der Waals surface area (Å²) in [4.78, 5) is 0. The normalized spacial score (nSPS) is 10.8. The fourth-order valence-electron chi connectivity index (χ4n) is 1.92. The molecule has 19 heavy (non-hydrogen) atoms. The molecule has 0 spiro atoms. The van der Waals surface area contributed by atoms with Crippen LogP contribution in [0.2, 0.25) is 0 Å². The highest BCUT2D eigenvalue weighted by Crippen LogP contribution is 2.24. The average molecular weight is 317 g/mol. The molecule has 3 aromatic rings. The third-order valence-corrected chi connectivity index (χ3v) is 3.43. The molecule has 1 heterocycles. The number of aryl methyl sites for hydroxylation is 1. The minimum atomic E-state index is 0.440. The molecular weight excluding hydrogens is 304 g/mol. The molecule has 0 unspecified atom stereocenters. The van der Waals surface area contributed by atoms with Crippen molar-refractivity contribution in [1.82, 2.24) is 0 Å². The predicted octanol–water partition coefficient (Wildman–Crippen LogP) is 5.08. The van der Waals surface area contributed by atoms with Crippen molar-refractivity contribution in [2.75, 3.05) is 0 Å². The Bertz CT molecular complexity index is 698. The Morgan fingerprint density at radius 1 is 1.05 bits per heavy atom. The second-order valence-corrected chi connectivity index (χ2v) is 5.41. The molecule has 0 fully saturated rings. The van der Waals surface area contributed by atoms with Crippen molar-refractivity contribution in [3.8, 4) is 5.75 Å². The summed E-state index contributed by atoms with van der Waals surface area (Å²) in [6.45, 7) is 2.50. The average Bonchev–Trinajstić information content (AvgIpc) is 2.80. The number of furan rings is 1. The largest absolute Gasteiger partial charge is 0.486 e. The van der Waals surface area contributed by atoms with Gasteiger partial charge in [0.15, 0.2) is 0 Å². The predicted molar refractivity (Wildman–Crippen MR) is 79.4 cm³/mol. The minimum absolute atomic E-state index is 0.440. The number of hydrogen-bond donors (Lipinski definition) is 0. The third-order valence-electron chi connectivity index (χ3n) is 2.94. The van der Waals surface area contributed by atoms with Crippen LogP contribution in [-0.2, 0) is 6.61 Å². The van der Waals surface area contributed by atoms with E-state index >= 15 is 0 Å². The van der Waals surface area contributed by atoms with E-state index in [0.29, 0.717) is 6.61 Å². The van der Waals surface area contributed by atoms with Gasteiger partial charge in [-0.3, -0.25) is 0 Å². The second kappa shape index (κ2) is 5.10. The van der Waals surface area contributed by atoms with Gasteiger partial charge in [-0.1, -0.05) is 33.6 Å². The number of ether oxygens (including phenoxy) is 1. The lowest BCUT2D eigenvalue weighted by Gasteiger charge is -2.03. The zero-order valence-corrected chi connectivity index (χ0v) is 12.1. The molecule has 0 aliphatic heterocycles. The van der Waals surface area contributed by atoms with Gasteiger partial charge in [0.2, 0.25) is 0 Å². The van der Waals surface area contributed by atoms with E-state index in [9.17, 15) is 0 Å². The molecule has 2 aromatic carbocycles. The Morgan fingerprint density at radius 2 is 1.84 bits per heavy atom. The van der Waals surface area contributed by atoms with Crippen molar-refractivity contribution in [2.45, 2.75) is 13.5 Å². The summed E-state index contributed by atoms with van der Waals surface area (Å²) >= 11 is 3.43. The summed E-state index contributed by atoms with van der Waals surface area (Å²) in [6.07, 6.45) is 0. The van der Waals surface area contributed by atoms with Crippen LogP contribution in [0.1, 0.15) is 11.3 Å². The van der Waals surface area contributed by atoms with Crippen molar-refractivity contribution < 1.29 is 9.15 Å². The molecule has 0 saturated carbocycles. The van der Waals surface area contributed by atoms with Crippen molar-refractivity contribution in [1.29, 1.82) is 0 Å². The molecule has 1 aromatic heterocycles. The van der Waals surface area contributed by atoms with E-state index in [-0.39, 0.29) is 0 Å². The smallest absolute Gasteiger partial charge is 0.146 e. The summed E-state index contributed by atoms with van der Waals surface area (Å²) in [5, 5.41) is 1.09. The Morgan fingerprint density at radius 3 is 2.63 bits per heavy atom. The topological polar surface area (TPSA) is 22.4 Å². The van der Waals surface area contributed by atoms with Gasteiger partial charge in [-0.15, -0.1) is 0 Å². The van der Waals surface area contributed by atoms with Crippen molar-refractivity contribution in [2.24, 2.45) is 0 Å². The monoisotopic (exact) mass is 316 g/mol. The Hall–Kier alpha value is -1.74. The van der Waals surface area contributed by atoms with Crippen LogP contribution >= 0.6 is 15.9 Å². The summed E-state index contributed by atoms with van der Waals surface area (Å²) in [5.41, 5.74) is 2.10. The molecule has 3 rings (SSSR count). The van der Waals surface area contributed by atoms with E-state index in [1.807, 2.05) is 48.5 Å². The van der Waals surface area contributed by atoms with Crippen LogP contribution in [0.15, 0.2) is 57.4 Å². The maximum atomic E-state index is 5.74. The number of benzene rings is 2. The first-order valence-electron chi connectivity index (χ1n) is 6.08. The van der Waals surface area contributed by atoms with Gasteiger partial charge >= 0.3 is 0 Å². The van der Waals surface area contributed by atoms with Gasteiger partial charge in [0, 0.05) is 9.86 Å². The molecular formula is C16H13BrO2. The van der Waals surface area contributed by atoms with Gasteiger partial charge in [0.1, 0.15) is 23.7 Å². The van der Waals surface area contributed by atoms with E-state index in [1.54, 1.807) is 0 Å². The standard InChI is InChI=1S/C16H13BrO2/c1-11-2-6-14(7-3-11)18-10-15-8-12-4-5-13(17)9-16(12)19-15/h2-9H,10H2,1H3. The van der Waals surface area contributed by atoms with Crippen LogP contribution in [0, 0.1) is 6.92 Å². The number of hydrogen-bond acceptors (Lipinski definition) is 2. The van der Waals surface area contributed by atoms with Crippen molar-refractivity contribution in [3.63, 3.8) is 0 Å². The SMILES string of the molecule is Cc1ccc(OCc2cc3ccc(Br)cc3o2)cc1. The fourth-order valence-corrected chi connectivity index (χ4v) is 2.26. The number of halogens is 1. The van der Waals surface area contributed by atoms with Gasteiger partial charge < -0.3 is 9.15 Å². The van der Waals surface area contributed by atoms with Crippen LogP contribution < -0.4 is 4.74 Å². The van der Waals surface area contributed by atoms with Crippen molar-refractivity contribution in [3.05, 3.63) is 64.3 Å². The van der Waals surface area contributed by atoms with Gasteiger partial charge in [-0.25, -0.2) is 0 Å². The van der Waals surface area contributed by atoms with Crippen molar-refractivity contribution >= 4 is 26.9 Å². The molecule has 2 nitrogen and oxygen atoms in total. The molecule has 0 aliphatic carbocycles. The first-order valence-corrected chi connectivity index (χ1v) is 6.87. The number of fused-ring (bicyclic) bond motifs is 1. The first-order chi connectivity index (χ1) is 9.20. The van der Waals surface area contributed by atoms with Crippen LogP contribution in [0.3, 0.4) is 0 Å². The Balaban J connectivity index is 1.76. The molecule has 96 valence electrons. The minimum Gasteiger partial charge on any atom is -0.486 e. The summed E-state index contributed by atoms with van der Waals surface area (Å²) in [7, 11) is 0. The van der Waals surface area contributed by atoms with Gasteiger partial charge in [-0.05, 0) is 43.3 Å². The first kappa shape index (κ1) is 12.3.